The number of rotatable bonds is 34. The van der Waals surface area contributed by atoms with Crippen molar-refractivity contribution >= 4 is 11.9 Å². The minimum atomic E-state index is -1.00. The molecule has 0 aromatic rings. The molecule has 278 valence electrons. The van der Waals surface area contributed by atoms with Gasteiger partial charge in [0.1, 0.15) is 12.2 Å². The summed E-state index contributed by atoms with van der Waals surface area (Å²) in [4.78, 5) is 25.0. The van der Waals surface area contributed by atoms with E-state index < -0.39 is 31.0 Å². The highest BCUT2D eigenvalue weighted by atomic mass is 16.6. The number of aliphatic hydroxyl groups is 2. The third-order valence-corrected chi connectivity index (χ3v) is 9.73. The maximum Gasteiger partial charge on any atom is 0.306 e. The van der Waals surface area contributed by atoms with Gasteiger partial charge < -0.3 is 24.4 Å². The first-order valence-electron chi connectivity index (χ1n) is 20.3. The third-order valence-electron chi connectivity index (χ3n) is 9.73. The van der Waals surface area contributed by atoms with Gasteiger partial charge in [0.15, 0.2) is 12.2 Å². The summed E-state index contributed by atoms with van der Waals surface area (Å²) in [5.41, 5.74) is 0. The molecule has 0 aliphatic carbocycles. The van der Waals surface area contributed by atoms with E-state index in [-0.39, 0.29) is 31.4 Å². The van der Waals surface area contributed by atoms with Gasteiger partial charge in [-0.15, -0.1) is 0 Å². The number of aliphatic hydroxyl groups excluding tert-OH is 2. The van der Waals surface area contributed by atoms with Gasteiger partial charge in [0, 0.05) is 12.8 Å². The van der Waals surface area contributed by atoms with Crippen LogP contribution in [0, 0.1) is 0 Å². The monoisotopic (exact) mass is 669 g/mol. The van der Waals surface area contributed by atoms with Gasteiger partial charge in [0.05, 0.1) is 13.2 Å². The molecule has 0 aromatic heterocycles. The van der Waals surface area contributed by atoms with Crippen molar-refractivity contribution in [2.45, 2.75) is 231 Å². The molecule has 1 saturated heterocycles. The van der Waals surface area contributed by atoms with Crippen molar-refractivity contribution < 1.29 is 34.0 Å². The Bertz CT molecular complexity index is 715. The van der Waals surface area contributed by atoms with Crippen molar-refractivity contribution in [1.29, 1.82) is 0 Å². The van der Waals surface area contributed by atoms with E-state index in [2.05, 4.69) is 13.8 Å². The standard InChI is InChI=1S/C40H76O7/c1-3-5-7-9-11-13-15-17-18-20-22-23-25-27-29-31-37(43)46-36(33-41)40-39(35(42)34-45-40)47-38(44)32-30-28-26-24-21-19-16-14-12-10-8-6-4-2/h35-36,39-42H,3-34H2,1-2H3/t35-,36+,39+,40+/m0/s1. The van der Waals surface area contributed by atoms with Crippen LogP contribution in [-0.4, -0.2) is 59.8 Å². The molecule has 7 heteroatoms. The van der Waals surface area contributed by atoms with Crippen molar-refractivity contribution in [1.82, 2.24) is 0 Å². The lowest BCUT2D eigenvalue weighted by Gasteiger charge is -2.27. The van der Waals surface area contributed by atoms with Gasteiger partial charge in [-0.05, 0) is 12.8 Å². The van der Waals surface area contributed by atoms with Crippen molar-refractivity contribution in [3.05, 3.63) is 0 Å². The zero-order valence-electron chi connectivity index (χ0n) is 30.9. The SMILES string of the molecule is CCCCCCCCCCCCCCCCCC(=O)O[C@H](CO)[C@H]1OC[C@H](O)[C@H]1OC(=O)CCCCCCCCCCCCCCC. The maximum absolute atomic E-state index is 12.5. The highest BCUT2D eigenvalue weighted by Gasteiger charge is 2.45. The zero-order valence-corrected chi connectivity index (χ0v) is 30.9. The van der Waals surface area contributed by atoms with Crippen LogP contribution in [0.3, 0.4) is 0 Å². The fourth-order valence-electron chi connectivity index (χ4n) is 6.66. The number of carbonyl (C=O) groups excluding carboxylic acids is 2. The van der Waals surface area contributed by atoms with Gasteiger partial charge in [0.25, 0.3) is 0 Å². The lowest BCUT2D eigenvalue weighted by atomic mass is 10.0. The molecule has 0 radical (unpaired) electrons. The molecule has 0 unspecified atom stereocenters. The Labute approximate surface area is 289 Å². The molecule has 0 amide bonds. The quantitative estimate of drug-likeness (QED) is 0.0520. The molecule has 0 saturated carbocycles. The summed E-state index contributed by atoms with van der Waals surface area (Å²) in [5.74, 6) is -0.769. The number of esters is 2. The summed E-state index contributed by atoms with van der Waals surface area (Å²) < 4.78 is 16.7. The number of unbranched alkanes of at least 4 members (excludes halogenated alkanes) is 26. The summed E-state index contributed by atoms with van der Waals surface area (Å²) in [7, 11) is 0. The molecule has 0 aromatic carbocycles. The first-order valence-corrected chi connectivity index (χ1v) is 20.3. The van der Waals surface area contributed by atoms with Gasteiger partial charge in [-0.3, -0.25) is 9.59 Å². The second-order valence-electron chi connectivity index (χ2n) is 14.2. The average Bonchev–Trinajstić information content (AvgIpc) is 3.42. The molecule has 1 fully saturated rings. The van der Waals surface area contributed by atoms with Crippen molar-refractivity contribution in [2.24, 2.45) is 0 Å². The highest BCUT2D eigenvalue weighted by molar-refractivity contribution is 5.70. The lowest BCUT2D eigenvalue weighted by Crippen LogP contribution is -2.45. The van der Waals surface area contributed by atoms with Crippen molar-refractivity contribution in [2.75, 3.05) is 13.2 Å². The van der Waals surface area contributed by atoms with Gasteiger partial charge in [-0.25, -0.2) is 0 Å². The number of hydrogen-bond acceptors (Lipinski definition) is 7. The molecule has 0 spiro atoms. The van der Waals surface area contributed by atoms with E-state index in [0.717, 1.165) is 38.5 Å². The molecule has 1 aliphatic heterocycles. The number of carbonyl (C=O) groups is 2. The molecular formula is C40H76O7. The topological polar surface area (TPSA) is 102 Å². The molecule has 47 heavy (non-hydrogen) atoms. The second kappa shape index (κ2) is 32.0. The molecule has 1 aliphatic rings. The average molecular weight is 669 g/mol. The number of ether oxygens (including phenoxy) is 3. The molecule has 0 bridgehead atoms. The van der Waals surface area contributed by atoms with Gasteiger partial charge in [0.2, 0.25) is 0 Å². The zero-order chi connectivity index (χ0) is 34.2. The molecule has 1 heterocycles. The van der Waals surface area contributed by atoms with Crippen LogP contribution in [0.5, 0.6) is 0 Å². The van der Waals surface area contributed by atoms with Crippen LogP contribution in [0.1, 0.15) is 206 Å². The van der Waals surface area contributed by atoms with E-state index in [4.69, 9.17) is 14.2 Å². The van der Waals surface area contributed by atoms with Crippen LogP contribution < -0.4 is 0 Å². The molecule has 7 nitrogen and oxygen atoms in total. The predicted molar refractivity (Wildman–Crippen MR) is 192 cm³/mol. The number of hydrogen-bond donors (Lipinski definition) is 2. The van der Waals surface area contributed by atoms with Crippen molar-refractivity contribution in [3.63, 3.8) is 0 Å². The summed E-state index contributed by atoms with van der Waals surface area (Å²) in [6.07, 6.45) is 31.8. The van der Waals surface area contributed by atoms with Crippen molar-refractivity contribution in [3.8, 4) is 0 Å². The minimum absolute atomic E-state index is 0.0194. The van der Waals surface area contributed by atoms with E-state index in [1.807, 2.05) is 0 Å². The van der Waals surface area contributed by atoms with E-state index in [0.29, 0.717) is 0 Å². The normalized spacial score (nSPS) is 18.4. The highest BCUT2D eigenvalue weighted by Crippen LogP contribution is 2.24. The Morgan fingerprint density at radius 1 is 0.574 bits per heavy atom. The first-order chi connectivity index (χ1) is 23.0. The van der Waals surface area contributed by atoms with Crippen LogP contribution in [-0.2, 0) is 23.8 Å². The fourth-order valence-corrected chi connectivity index (χ4v) is 6.66. The van der Waals surface area contributed by atoms with Crippen LogP contribution >= 0.6 is 0 Å². The second-order valence-corrected chi connectivity index (χ2v) is 14.2. The predicted octanol–water partition coefficient (Wildman–Crippen LogP) is 10.3. The first kappa shape index (κ1) is 43.8. The van der Waals surface area contributed by atoms with Gasteiger partial charge in [-0.1, -0.05) is 181 Å². The minimum Gasteiger partial charge on any atom is -0.457 e. The van der Waals surface area contributed by atoms with E-state index in [1.54, 1.807) is 0 Å². The van der Waals surface area contributed by atoms with Crippen LogP contribution in [0.25, 0.3) is 0 Å². The van der Waals surface area contributed by atoms with Crippen LogP contribution in [0.15, 0.2) is 0 Å². The van der Waals surface area contributed by atoms with Gasteiger partial charge >= 0.3 is 11.9 Å². The summed E-state index contributed by atoms with van der Waals surface area (Å²) in [5, 5.41) is 20.3. The van der Waals surface area contributed by atoms with E-state index in [1.165, 1.54) is 141 Å². The summed E-state index contributed by atoms with van der Waals surface area (Å²) in [6.45, 7) is 4.05. The third kappa shape index (κ3) is 24.6. The lowest BCUT2D eigenvalue weighted by molar-refractivity contribution is -0.171. The van der Waals surface area contributed by atoms with Crippen LogP contribution in [0.4, 0.5) is 0 Å². The Morgan fingerprint density at radius 3 is 1.28 bits per heavy atom. The molecule has 2 N–H and O–H groups in total. The summed E-state index contributed by atoms with van der Waals surface area (Å²) >= 11 is 0. The Morgan fingerprint density at radius 2 is 0.915 bits per heavy atom. The molecule has 1 rings (SSSR count). The van der Waals surface area contributed by atoms with E-state index >= 15 is 0 Å². The Balaban J connectivity index is 2.10. The largest absolute Gasteiger partial charge is 0.457 e. The summed E-state index contributed by atoms with van der Waals surface area (Å²) in [6, 6.07) is 0. The van der Waals surface area contributed by atoms with Gasteiger partial charge in [-0.2, -0.15) is 0 Å². The molecular weight excluding hydrogens is 592 g/mol. The van der Waals surface area contributed by atoms with E-state index in [9.17, 15) is 19.8 Å². The fraction of sp³-hybridized carbons (Fsp3) is 0.950. The molecule has 4 atom stereocenters. The smallest absolute Gasteiger partial charge is 0.306 e. The Kier molecular flexibility index (Phi) is 29.9. The maximum atomic E-state index is 12.5. The van der Waals surface area contributed by atoms with Crippen LogP contribution in [0.2, 0.25) is 0 Å². The Hall–Kier alpha value is -1.18.